The molecule has 1 saturated carbocycles. The van der Waals surface area contributed by atoms with E-state index in [0.29, 0.717) is 18.2 Å². The topological polar surface area (TPSA) is 59.2 Å². The van der Waals surface area contributed by atoms with Crippen LogP contribution < -0.4 is 0 Å². The fraction of sp³-hybridized carbons (Fsp3) is 0.842. The second-order valence-corrected chi connectivity index (χ2v) is 7.59. The first-order valence-corrected chi connectivity index (χ1v) is 9.82. The molecule has 24 heavy (non-hydrogen) atoms. The number of carbonyl (C=O) groups is 1. The van der Waals surface area contributed by atoms with Gasteiger partial charge in [0, 0.05) is 18.9 Å². The zero-order chi connectivity index (χ0) is 16.9. The molecule has 0 radical (unpaired) electrons. The third-order valence-corrected chi connectivity index (χ3v) is 5.86. The summed E-state index contributed by atoms with van der Waals surface area (Å²) in [5.74, 6) is 2.75. The van der Waals surface area contributed by atoms with Crippen LogP contribution in [0, 0.1) is 5.92 Å². The average Bonchev–Trinajstić information content (AvgIpc) is 3.30. The van der Waals surface area contributed by atoms with E-state index in [1.165, 1.54) is 25.7 Å². The zero-order valence-electron chi connectivity index (χ0n) is 15.2. The Morgan fingerprint density at radius 2 is 2.00 bits per heavy atom. The fourth-order valence-electron chi connectivity index (χ4n) is 4.02. The summed E-state index contributed by atoms with van der Waals surface area (Å²) in [6.45, 7) is 5.06. The van der Waals surface area contributed by atoms with Crippen LogP contribution in [-0.2, 0) is 4.79 Å². The summed E-state index contributed by atoms with van der Waals surface area (Å²) in [5, 5.41) is 4.14. The van der Waals surface area contributed by atoms with Gasteiger partial charge in [-0.3, -0.25) is 4.79 Å². The van der Waals surface area contributed by atoms with Crippen molar-refractivity contribution in [2.24, 2.45) is 5.92 Å². The van der Waals surface area contributed by atoms with E-state index in [0.717, 1.165) is 50.4 Å². The van der Waals surface area contributed by atoms with Gasteiger partial charge in [0.05, 0.1) is 0 Å². The highest BCUT2D eigenvalue weighted by molar-refractivity contribution is 5.76. The molecule has 2 aliphatic rings. The molecular weight excluding hydrogens is 302 g/mol. The van der Waals surface area contributed by atoms with Crippen LogP contribution in [0.15, 0.2) is 4.52 Å². The molecule has 1 aliphatic carbocycles. The van der Waals surface area contributed by atoms with Gasteiger partial charge in [-0.15, -0.1) is 0 Å². The summed E-state index contributed by atoms with van der Waals surface area (Å²) in [6.07, 6.45) is 11.1. The van der Waals surface area contributed by atoms with Crippen LogP contribution in [0.3, 0.4) is 0 Å². The van der Waals surface area contributed by atoms with E-state index < -0.39 is 0 Å². The van der Waals surface area contributed by atoms with Crippen LogP contribution in [0.2, 0.25) is 0 Å². The van der Waals surface area contributed by atoms with Crippen LogP contribution in [-0.4, -0.2) is 27.5 Å². The van der Waals surface area contributed by atoms with E-state index >= 15 is 0 Å². The number of hydrogen-bond acceptors (Lipinski definition) is 4. The minimum atomic E-state index is -0.0138. The van der Waals surface area contributed by atoms with Crippen molar-refractivity contribution < 1.29 is 9.32 Å². The third-order valence-electron chi connectivity index (χ3n) is 5.86. The van der Waals surface area contributed by atoms with Gasteiger partial charge in [0.25, 0.3) is 0 Å². The molecule has 2 atom stereocenters. The molecule has 134 valence electrons. The van der Waals surface area contributed by atoms with Crippen molar-refractivity contribution in [3.8, 4) is 0 Å². The smallest absolute Gasteiger partial charge is 0.249 e. The molecule has 3 rings (SSSR count). The Bertz CT molecular complexity index is 536. The Hall–Kier alpha value is -1.39. The van der Waals surface area contributed by atoms with Crippen molar-refractivity contribution in [2.45, 2.75) is 90.0 Å². The van der Waals surface area contributed by atoms with Gasteiger partial charge < -0.3 is 9.42 Å². The van der Waals surface area contributed by atoms with Crippen LogP contribution in [0.4, 0.5) is 0 Å². The van der Waals surface area contributed by atoms with Gasteiger partial charge in [0.2, 0.25) is 11.8 Å². The van der Waals surface area contributed by atoms with Crippen LogP contribution >= 0.6 is 0 Å². The van der Waals surface area contributed by atoms with E-state index in [9.17, 15) is 4.79 Å². The molecule has 0 N–H and O–H groups in total. The van der Waals surface area contributed by atoms with E-state index in [1.807, 2.05) is 4.90 Å². The standard InChI is InChI=1S/C19H31N3O2/c1-3-14(2)18-20-19(24-21-18)16-10-6-7-13-22(16)17(23)12-11-15-8-4-5-9-15/h14-16H,3-13H2,1-2H3/t14-,16+/m0/s1. The minimum absolute atomic E-state index is 0.0138. The first-order chi connectivity index (χ1) is 11.7. The molecule has 1 aromatic heterocycles. The molecule has 2 fully saturated rings. The zero-order valence-corrected chi connectivity index (χ0v) is 15.2. The monoisotopic (exact) mass is 333 g/mol. The SMILES string of the molecule is CC[C@H](C)c1noc([C@H]2CCCCN2C(=O)CCC2CCCC2)n1. The summed E-state index contributed by atoms with van der Waals surface area (Å²) in [6, 6.07) is -0.0138. The van der Waals surface area contributed by atoms with Crippen molar-refractivity contribution in [1.82, 2.24) is 15.0 Å². The lowest BCUT2D eigenvalue weighted by Crippen LogP contribution is -2.38. The quantitative estimate of drug-likeness (QED) is 0.763. The highest BCUT2D eigenvalue weighted by atomic mass is 16.5. The van der Waals surface area contributed by atoms with Crippen molar-refractivity contribution in [3.05, 3.63) is 11.7 Å². The molecule has 1 aliphatic heterocycles. The Balaban J connectivity index is 1.63. The number of likely N-dealkylation sites (tertiary alicyclic amines) is 1. The molecule has 0 unspecified atom stereocenters. The minimum Gasteiger partial charge on any atom is -0.337 e. The lowest BCUT2D eigenvalue weighted by molar-refractivity contribution is -0.136. The molecule has 0 bridgehead atoms. The second-order valence-electron chi connectivity index (χ2n) is 7.59. The highest BCUT2D eigenvalue weighted by Gasteiger charge is 2.32. The molecular formula is C19H31N3O2. The van der Waals surface area contributed by atoms with Gasteiger partial charge in [-0.25, -0.2) is 0 Å². The Morgan fingerprint density at radius 1 is 1.25 bits per heavy atom. The molecule has 1 aromatic rings. The van der Waals surface area contributed by atoms with Gasteiger partial charge in [-0.1, -0.05) is 44.7 Å². The van der Waals surface area contributed by atoms with Crippen molar-refractivity contribution in [1.29, 1.82) is 0 Å². The molecule has 1 saturated heterocycles. The van der Waals surface area contributed by atoms with Crippen LogP contribution in [0.1, 0.15) is 102 Å². The van der Waals surface area contributed by atoms with Crippen molar-refractivity contribution in [2.75, 3.05) is 6.54 Å². The predicted molar refractivity (Wildman–Crippen MR) is 92.5 cm³/mol. The summed E-state index contributed by atoms with van der Waals surface area (Å²) < 4.78 is 5.53. The fourth-order valence-corrected chi connectivity index (χ4v) is 4.02. The highest BCUT2D eigenvalue weighted by Crippen LogP contribution is 2.33. The number of nitrogens with zero attached hydrogens (tertiary/aromatic N) is 3. The van der Waals surface area contributed by atoms with Gasteiger partial charge in [0.15, 0.2) is 5.82 Å². The number of piperidine rings is 1. The molecule has 1 amide bonds. The molecule has 0 spiro atoms. The maximum Gasteiger partial charge on any atom is 0.249 e. The van der Waals surface area contributed by atoms with Gasteiger partial charge in [0.1, 0.15) is 6.04 Å². The Labute approximate surface area is 145 Å². The molecule has 0 aromatic carbocycles. The number of hydrogen-bond donors (Lipinski definition) is 0. The molecule has 5 heteroatoms. The Kier molecular flexibility index (Phi) is 5.90. The lowest BCUT2D eigenvalue weighted by Gasteiger charge is -2.33. The predicted octanol–water partition coefficient (Wildman–Crippen LogP) is 4.61. The van der Waals surface area contributed by atoms with Crippen LogP contribution in [0.5, 0.6) is 0 Å². The normalized spacial score (nSPS) is 23.6. The first kappa shape index (κ1) is 17.4. The third kappa shape index (κ3) is 3.98. The maximum absolute atomic E-state index is 12.8. The van der Waals surface area contributed by atoms with E-state index in [1.54, 1.807) is 0 Å². The second kappa shape index (κ2) is 8.13. The summed E-state index contributed by atoms with van der Waals surface area (Å²) in [7, 11) is 0. The van der Waals surface area contributed by atoms with E-state index in [-0.39, 0.29) is 11.9 Å². The molecule has 2 heterocycles. The first-order valence-electron chi connectivity index (χ1n) is 9.82. The number of carbonyl (C=O) groups excluding carboxylic acids is 1. The van der Waals surface area contributed by atoms with Crippen molar-refractivity contribution in [3.63, 3.8) is 0 Å². The number of aromatic nitrogens is 2. The summed E-state index contributed by atoms with van der Waals surface area (Å²) in [5.41, 5.74) is 0. The van der Waals surface area contributed by atoms with E-state index in [4.69, 9.17) is 4.52 Å². The average molecular weight is 333 g/mol. The number of rotatable bonds is 6. The van der Waals surface area contributed by atoms with Crippen LogP contribution in [0.25, 0.3) is 0 Å². The Morgan fingerprint density at radius 3 is 2.75 bits per heavy atom. The number of amides is 1. The molecule has 5 nitrogen and oxygen atoms in total. The summed E-state index contributed by atoms with van der Waals surface area (Å²) in [4.78, 5) is 19.4. The van der Waals surface area contributed by atoms with Gasteiger partial charge in [-0.2, -0.15) is 4.98 Å². The summed E-state index contributed by atoms with van der Waals surface area (Å²) >= 11 is 0. The van der Waals surface area contributed by atoms with Crippen molar-refractivity contribution >= 4 is 5.91 Å². The maximum atomic E-state index is 12.8. The van der Waals surface area contributed by atoms with Gasteiger partial charge in [-0.05, 0) is 38.0 Å². The van der Waals surface area contributed by atoms with E-state index in [2.05, 4.69) is 24.0 Å². The lowest BCUT2D eigenvalue weighted by atomic mass is 9.98. The largest absolute Gasteiger partial charge is 0.337 e. The van der Waals surface area contributed by atoms with Gasteiger partial charge >= 0.3 is 0 Å².